The molecule has 2 saturated heterocycles. The Labute approximate surface area is 191 Å². The number of ether oxygens (including phenoxy) is 4. The van der Waals surface area contributed by atoms with E-state index in [-0.39, 0.29) is 6.61 Å². The number of rotatable bonds is 5. The SMILES string of the molecule is OC[C@@]12CO[C@@](c3ccc(C4CC4)c(Cc4ccc5c(c4)OCCO5)c3)(O1)[C@H](O)[C@@H](O)[C@@H]2O. The van der Waals surface area contributed by atoms with E-state index in [1.54, 1.807) is 0 Å². The Kier molecular flexibility index (Phi) is 4.95. The van der Waals surface area contributed by atoms with Crippen LogP contribution in [0, 0.1) is 0 Å². The highest BCUT2D eigenvalue weighted by Crippen LogP contribution is 2.51. The predicted molar refractivity (Wildman–Crippen MR) is 115 cm³/mol. The van der Waals surface area contributed by atoms with Gasteiger partial charge in [0, 0.05) is 5.56 Å². The van der Waals surface area contributed by atoms with E-state index in [0.717, 1.165) is 35.5 Å². The smallest absolute Gasteiger partial charge is 0.225 e. The van der Waals surface area contributed by atoms with Crippen LogP contribution in [-0.2, 0) is 21.7 Å². The lowest BCUT2D eigenvalue weighted by molar-refractivity contribution is -0.329. The summed E-state index contributed by atoms with van der Waals surface area (Å²) in [5, 5.41) is 41.7. The zero-order valence-electron chi connectivity index (χ0n) is 18.1. The van der Waals surface area contributed by atoms with Crippen molar-refractivity contribution in [2.75, 3.05) is 26.4 Å². The highest BCUT2D eigenvalue weighted by molar-refractivity contribution is 5.47. The highest BCUT2D eigenvalue weighted by atomic mass is 16.8. The maximum atomic E-state index is 10.9. The first-order chi connectivity index (χ1) is 16.0. The Balaban J connectivity index is 1.38. The van der Waals surface area contributed by atoms with Crippen molar-refractivity contribution in [1.29, 1.82) is 0 Å². The molecule has 4 aliphatic rings. The molecule has 0 unspecified atom stereocenters. The maximum absolute atomic E-state index is 10.9. The van der Waals surface area contributed by atoms with Crippen molar-refractivity contribution in [3.63, 3.8) is 0 Å². The number of aliphatic hydroxyl groups is 4. The number of hydrogen-bond donors (Lipinski definition) is 4. The summed E-state index contributed by atoms with van der Waals surface area (Å²) >= 11 is 0. The molecule has 176 valence electrons. The fraction of sp³-hybridized carbons (Fsp3) is 0.520. The predicted octanol–water partition coefficient (Wildman–Crippen LogP) is 0.953. The molecule has 5 atom stereocenters. The van der Waals surface area contributed by atoms with Gasteiger partial charge in [-0.2, -0.15) is 0 Å². The van der Waals surface area contributed by atoms with Crippen LogP contribution in [0.5, 0.6) is 11.5 Å². The zero-order valence-corrected chi connectivity index (χ0v) is 18.1. The van der Waals surface area contributed by atoms with Gasteiger partial charge >= 0.3 is 0 Å². The van der Waals surface area contributed by atoms with Gasteiger partial charge in [0.15, 0.2) is 11.5 Å². The fourth-order valence-corrected chi connectivity index (χ4v) is 5.26. The van der Waals surface area contributed by atoms with E-state index in [1.807, 2.05) is 36.4 Å². The molecule has 33 heavy (non-hydrogen) atoms. The first kappa shape index (κ1) is 21.3. The Bertz CT molecular complexity index is 1070. The summed E-state index contributed by atoms with van der Waals surface area (Å²) in [6.07, 6.45) is -1.59. The van der Waals surface area contributed by atoms with Gasteiger partial charge in [-0.15, -0.1) is 0 Å². The van der Waals surface area contributed by atoms with Gasteiger partial charge in [-0.3, -0.25) is 0 Å². The van der Waals surface area contributed by atoms with Crippen LogP contribution in [0.4, 0.5) is 0 Å². The van der Waals surface area contributed by atoms with Gasteiger partial charge in [-0.1, -0.05) is 18.2 Å². The van der Waals surface area contributed by atoms with E-state index in [9.17, 15) is 20.4 Å². The average Bonchev–Trinajstić information content (AvgIpc) is 3.62. The van der Waals surface area contributed by atoms with Crippen LogP contribution in [0.15, 0.2) is 36.4 Å². The molecule has 8 nitrogen and oxygen atoms in total. The molecule has 1 saturated carbocycles. The van der Waals surface area contributed by atoms with Gasteiger partial charge in [0.25, 0.3) is 0 Å². The van der Waals surface area contributed by atoms with Crippen molar-refractivity contribution in [2.24, 2.45) is 0 Å². The first-order valence-corrected chi connectivity index (χ1v) is 11.5. The molecule has 3 aliphatic heterocycles. The lowest BCUT2D eigenvalue weighted by Gasteiger charge is -2.46. The van der Waals surface area contributed by atoms with E-state index < -0.39 is 36.3 Å². The number of hydrogen-bond acceptors (Lipinski definition) is 8. The van der Waals surface area contributed by atoms with Crippen LogP contribution < -0.4 is 9.47 Å². The minimum atomic E-state index is -1.66. The largest absolute Gasteiger partial charge is 0.486 e. The lowest BCUT2D eigenvalue weighted by atomic mass is 9.83. The molecule has 2 aromatic rings. The van der Waals surface area contributed by atoms with Crippen LogP contribution in [-0.4, -0.2) is 70.8 Å². The van der Waals surface area contributed by atoms with Crippen molar-refractivity contribution in [2.45, 2.75) is 54.9 Å². The molecule has 6 rings (SSSR count). The highest BCUT2D eigenvalue weighted by Gasteiger charge is 2.67. The molecule has 3 fully saturated rings. The third-order valence-electron chi connectivity index (χ3n) is 7.29. The van der Waals surface area contributed by atoms with Gasteiger partial charge in [0.1, 0.15) is 37.1 Å². The monoisotopic (exact) mass is 456 g/mol. The van der Waals surface area contributed by atoms with Gasteiger partial charge in [-0.05, 0) is 60.1 Å². The van der Waals surface area contributed by atoms with Crippen molar-refractivity contribution >= 4 is 0 Å². The van der Waals surface area contributed by atoms with E-state index in [1.165, 1.54) is 5.56 Å². The molecular formula is C25H28O8. The van der Waals surface area contributed by atoms with Crippen molar-refractivity contribution in [3.05, 3.63) is 58.7 Å². The summed E-state index contributed by atoms with van der Waals surface area (Å²) in [7, 11) is 0. The summed E-state index contributed by atoms with van der Waals surface area (Å²) in [5.41, 5.74) is 2.44. The third kappa shape index (κ3) is 3.28. The van der Waals surface area contributed by atoms with Gasteiger partial charge < -0.3 is 39.4 Å². The molecule has 0 amide bonds. The van der Waals surface area contributed by atoms with Crippen LogP contribution >= 0.6 is 0 Å². The summed E-state index contributed by atoms with van der Waals surface area (Å²) in [4.78, 5) is 0. The van der Waals surface area contributed by atoms with E-state index in [2.05, 4.69) is 0 Å². The Morgan fingerprint density at radius 1 is 0.909 bits per heavy atom. The number of aliphatic hydroxyl groups excluding tert-OH is 4. The molecule has 1 aliphatic carbocycles. The van der Waals surface area contributed by atoms with Gasteiger partial charge in [-0.25, -0.2) is 0 Å². The molecule has 8 heteroatoms. The second-order valence-corrected chi connectivity index (χ2v) is 9.50. The van der Waals surface area contributed by atoms with E-state index in [4.69, 9.17) is 18.9 Å². The quantitative estimate of drug-likeness (QED) is 0.526. The van der Waals surface area contributed by atoms with Crippen LogP contribution in [0.2, 0.25) is 0 Å². The number of fused-ring (bicyclic) bond motifs is 3. The van der Waals surface area contributed by atoms with Crippen molar-refractivity contribution < 1.29 is 39.4 Å². The van der Waals surface area contributed by atoms with Crippen LogP contribution in [0.25, 0.3) is 0 Å². The first-order valence-electron chi connectivity index (χ1n) is 11.5. The summed E-state index contributed by atoms with van der Waals surface area (Å²) < 4.78 is 23.3. The average molecular weight is 456 g/mol. The van der Waals surface area contributed by atoms with E-state index in [0.29, 0.717) is 31.1 Å². The molecule has 2 bridgehead atoms. The second kappa shape index (κ2) is 7.66. The third-order valence-corrected chi connectivity index (χ3v) is 7.29. The Hall–Kier alpha value is -2.20. The summed E-state index contributed by atoms with van der Waals surface area (Å²) in [5.74, 6) is 0.308. The molecular weight excluding hydrogens is 428 g/mol. The minimum absolute atomic E-state index is 0.138. The van der Waals surface area contributed by atoms with Crippen LogP contribution in [0.3, 0.4) is 0 Å². The fourth-order valence-electron chi connectivity index (χ4n) is 5.26. The molecule has 0 radical (unpaired) electrons. The van der Waals surface area contributed by atoms with Crippen molar-refractivity contribution in [1.82, 2.24) is 0 Å². The Morgan fingerprint density at radius 3 is 2.45 bits per heavy atom. The molecule has 2 aromatic carbocycles. The summed E-state index contributed by atoms with van der Waals surface area (Å²) in [6.45, 7) is 0.389. The second-order valence-electron chi connectivity index (χ2n) is 9.50. The molecule has 0 spiro atoms. The summed E-state index contributed by atoms with van der Waals surface area (Å²) in [6, 6.07) is 11.8. The molecule has 0 aromatic heterocycles. The van der Waals surface area contributed by atoms with E-state index >= 15 is 0 Å². The van der Waals surface area contributed by atoms with Crippen molar-refractivity contribution in [3.8, 4) is 11.5 Å². The topological polar surface area (TPSA) is 118 Å². The Morgan fingerprint density at radius 2 is 1.70 bits per heavy atom. The normalized spacial score (nSPS) is 35.0. The number of benzene rings is 2. The maximum Gasteiger partial charge on any atom is 0.225 e. The van der Waals surface area contributed by atoms with Gasteiger partial charge in [0.05, 0.1) is 13.2 Å². The lowest BCUT2D eigenvalue weighted by Crippen LogP contribution is -2.65. The molecule has 4 N–H and O–H groups in total. The molecule has 3 heterocycles. The standard InChI is InChI=1S/C25H28O8/c26-12-24-13-32-25(33-24,23(29)21(27)22(24)28)17-4-5-18(15-2-3-15)16(11-17)9-14-1-6-19-20(10-14)31-8-7-30-19/h1,4-6,10-11,15,21-23,26-29H,2-3,7-9,12-13H2/t21-,22-,23+,24-,25-/m0/s1. The zero-order chi connectivity index (χ0) is 22.8. The van der Waals surface area contributed by atoms with Gasteiger partial charge in [0.2, 0.25) is 5.79 Å². The minimum Gasteiger partial charge on any atom is -0.486 e. The van der Waals surface area contributed by atoms with Crippen LogP contribution in [0.1, 0.15) is 41.0 Å².